The zero-order valence-electron chi connectivity index (χ0n) is 12.3. The Labute approximate surface area is 136 Å². The van der Waals surface area contributed by atoms with E-state index >= 15 is 0 Å². The fourth-order valence-corrected chi connectivity index (χ4v) is 2.60. The van der Waals surface area contributed by atoms with Crippen molar-refractivity contribution in [2.24, 2.45) is 0 Å². The van der Waals surface area contributed by atoms with Crippen molar-refractivity contribution in [3.05, 3.63) is 64.5 Å². The van der Waals surface area contributed by atoms with Crippen LogP contribution in [0.3, 0.4) is 0 Å². The second-order valence-electron chi connectivity index (χ2n) is 5.37. The second kappa shape index (κ2) is 5.13. The fourth-order valence-electron chi connectivity index (χ4n) is 2.60. The first kappa shape index (κ1) is 15.3. The van der Waals surface area contributed by atoms with Gasteiger partial charge in [-0.15, -0.1) is 0 Å². The SMILES string of the molecule is O=c1[nH]c2cc(-c3ccnc(C(F)(F)F)c3)nn2c2ccc(F)cc12. The molecule has 0 saturated heterocycles. The molecule has 0 amide bonds. The smallest absolute Gasteiger partial charge is 0.306 e. The summed E-state index contributed by atoms with van der Waals surface area (Å²) in [4.78, 5) is 17.9. The van der Waals surface area contributed by atoms with Gasteiger partial charge in [0, 0.05) is 17.8 Å². The molecule has 5 nitrogen and oxygen atoms in total. The second-order valence-corrected chi connectivity index (χ2v) is 5.37. The summed E-state index contributed by atoms with van der Waals surface area (Å²) in [5.41, 5.74) is -0.509. The number of H-pyrrole nitrogens is 1. The molecular weight excluding hydrogens is 340 g/mol. The van der Waals surface area contributed by atoms with Crippen molar-refractivity contribution in [1.82, 2.24) is 19.6 Å². The first-order chi connectivity index (χ1) is 11.8. The Bertz CT molecular complexity index is 1180. The van der Waals surface area contributed by atoms with E-state index in [-0.39, 0.29) is 22.3 Å². The van der Waals surface area contributed by atoms with Gasteiger partial charge >= 0.3 is 6.18 Å². The van der Waals surface area contributed by atoms with Gasteiger partial charge in [0.25, 0.3) is 5.56 Å². The molecule has 0 unspecified atom stereocenters. The Morgan fingerprint density at radius 2 is 1.88 bits per heavy atom. The molecule has 0 atom stereocenters. The minimum absolute atomic E-state index is 0.0906. The third-order valence-electron chi connectivity index (χ3n) is 3.73. The maximum Gasteiger partial charge on any atom is 0.433 e. The van der Waals surface area contributed by atoms with Crippen LogP contribution in [0.4, 0.5) is 17.6 Å². The molecule has 0 fully saturated rings. The molecule has 4 aromatic rings. The summed E-state index contributed by atoms with van der Waals surface area (Å²) in [6.07, 6.45) is -3.54. The van der Waals surface area contributed by atoms with Crippen LogP contribution in [0.1, 0.15) is 5.69 Å². The molecule has 126 valence electrons. The number of halogens is 4. The molecule has 3 aromatic heterocycles. The molecule has 0 saturated carbocycles. The highest BCUT2D eigenvalue weighted by atomic mass is 19.4. The fraction of sp³-hybridized carbons (Fsp3) is 0.0625. The van der Waals surface area contributed by atoms with Crippen LogP contribution in [0.25, 0.3) is 27.8 Å². The van der Waals surface area contributed by atoms with Crippen molar-refractivity contribution >= 4 is 16.6 Å². The Kier molecular flexibility index (Phi) is 3.14. The lowest BCUT2D eigenvalue weighted by atomic mass is 10.1. The summed E-state index contributed by atoms with van der Waals surface area (Å²) in [6, 6.07) is 7.34. The standard InChI is InChI=1S/C16H8F4N4O/c17-9-1-2-12-10(6-9)15(25)22-14-7-11(23-24(12)14)8-3-4-21-13(5-8)16(18,19)20/h1-7H,(H,22,25). The van der Waals surface area contributed by atoms with E-state index in [1.807, 2.05) is 0 Å². The van der Waals surface area contributed by atoms with Gasteiger partial charge in [0.15, 0.2) is 0 Å². The molecule has 0 aliphatic rings. The highest BCUT2D eigenvalue weighted by Gasteiger charge is 2.32. The first-order valence-electron chi connectivity index (χ1n) is 7.08. The number of rotatable bonds is 1. The van der Waals surface area contributed by atoms with Gasteiger partial charge in [0.2, 0.25) is 0 Å². The zero-order chi connectivity index (χ0) is 17.8. The number of alkyl halides is 3. The molecule has 9 heteroatoms. The minimum Gasteiger partial charge on any atom is -0.306 e. The summed E-state index contributed by atoms with van der Waals surface area (Å²) in [5.74, 6) is -0.575. The van der Waals surface area contributed by atoms with Crippen LogP contribution in [-0.4, -0.2) is 19.6 Å². The highest BCUT2D eigenvalue weighted by Crippen LogP contribution is 2.30. The van der Waals surface area contributed by atoms with Crippen molar-refractivity contribution in [1.29, 1.82) is 0 Å². The highest BCUT2D eigenvalue weighted by molar-refractivity contribution is 5.81. The average Bonchev–Trinajstić information content (AvgIpc) is 2.98. The number of nitrogens with zero attached hydrogens (tertiary/aromatic N) is 3. The van der Waals surface area contributed by atoms with Gasteiger partial charge in [0.05, 0.1) is 16.6 Å². The number of nitrogens with one attached hydrogen (secondary N) is 1. The van der Waals surface area contributed by atoms with Gasteiger partial charge in [0.1, 0.15) is 17.2 Å². The maximum absolute atomic E-state index is 13.3. The average molecular weight is 348 g/mol. The molecule has 0 aliphatic carbocycles. The Hall–Kier alpha value is -3.23. The largest absolute Gasteiger partial charge is 0.433 e. The number of aromatic nitrogens is 4. The maximum atomic E-state index is 13.3. The number of hydrogen-bond acceptors (Lipinski definition) is 3. The Balaban J connectivity index is 1.96. The lowest BCUT2D eigenvalue weighted by Crippen LogP contribution is -2.10. The van der Waals surface area contributed by atoms with E-state index in [1.54, 1.807) is 0 Å². The van der Waals surface area contributed by atoms with Crippen molar-refractivity contribution in [2.75, 3.05) is 0 Å². The third-order valence-corrected chi connectivity index (χ3v) is 3.73. The third kappa shape index (κ3) is 2.53. The van der Waals surface area contributed by atoms with E-state index < -0.39 is 23.2 Å². The van der Waals surface area contributed by atoms with E-state index in [1.165, 1.54) is 28.8 Å². The van der Waals surface area contributed by atoms with E-state index in [9.17, 15) is 22.4 Å². The van der Waals surface area contributed by atoms with Gasteiger partial charge in [-0.2, -0.15) is 18.3 Å². The quantitative estimate of drug-likeness (QED) is 0.536. The normalized spacial score (nSPS) is 12.2. The lowest BCUT2D eigenvalue weighted by molar-refractivity contribution is -0.141. The topological polar surface area (TPSA) is 63.0 Å². The number of aromatic amines is 1. The molecule has 1 aromatic carbocycles. The number of pyridine rings is 1. The van der Waals surface area contributed by atoms with Crippen molar-refractivity contribution in [3.8, 4) is 11.3 Å². The molecule has 0 bridgehead atoms. The molecule has 25 heavy (non-hydrogen) atoms. The predicted octanol–water partition coefficient (Wildman–Crippen LogP) is 3.40. The molecular formula is C16H8F4N4O. The van der Waals surface area contributed by atoms with Gasteiger partial charge in [-0.3, -0.25) is 9.78 Å². The van der Waals surface area contributed by atoms with Gasteiger partial charge in [-0.05, 0) is 30.3 Å². The Morgan fingerprint density at radius 1 is 1.08 bits per heavy atom. The summed E-state index contributed by atoms with van der Waals surface area (Å²) in [5, 5.41) is 4.32. The first-order valence-corrected chi connectivity index (χ1v) is 7.08. The van der Waals surface area contributed by atoms with E-state index in [0.717, 1.165) is 18.3 Å². The summed E-state index contributed by atoms with van der Waals surface area (Å²) in [6.45, 7) is 0. The van der Waals surface area contributed by atoms with Crippen LogP contribution in [0.15, 0.2) is 47.4 Å². The van der Waals surface area contributed by atoms with E-state index in [0.29, 0.717) is 5.52 Å². The molecule has 0 radical (unpaired) electrons. The van der Waals surface area contributed by atoms with Gasteiger partial charge in [-0.25, -0.2) is 8.91 Å². The van der Waals surface area contributed by atoms with E-state index in [2.05, 4.69) is 15.1 Å². The molecule has 1 N–H and O–H groups in total. The summed E-state index contributed by atoms with van der Waals surface area (Å²) >= 11 is 0. The molecule has 0 aliphatic heterocycles. The summed E-state index contributed by atoms with van der Waals surface area (Å²) < 4.78 is 53.1. The van der Waals surface area contributed by atoms with Gasteiger partial charge in [-0.1, -0.05) is 0 Å². The van der Waals surface area contributed by atoms with Gasteiger partial charge < -0.3 is 4.98 Å². The van der Waals surface area contributed by atoms with E-state index in [4.69, 9.17) is 0 Å². The monoisotopic (exact) mass is 348 g/mol. The van der Waals surface area contributed by atoms with Crippen molar-refractivity contribution in [3.63, 3.8) is 0 Å². The van der Waals surface area contributed by atoms with Crippen LogP contribution in [0.2, 0.25) is 0 Å². The molecule has 0 spiro atoms. The summed E-state index contributed by atoms with van der Waals surface area (Å²) in [7, 11) is 0. The number of fused-ring (bicyclic) bond motifs is 3. The predicted molar refractivity (Wildman–Crippen MR) is 81.5 cm³/mol. The van der Waals surface area contributed by atoms with Crippen LogP contribution < -0.4 is 5.56 Å². The van der Waals surface area contributed by atoms with Crippen molar-refractivity contribution in [2.45, 2.75) is 6.18 Å². The lowest BCUT2D eigenvalue weighted by Gasteiger charge is -2.06. The van der Waals surface area contributed by atoms with Crippen LogP contribution in [-0.2, 0) is 6.18 Å². The number of benzene rings is 1. The van der Waals surface area contributed by atoms with Crippen LogP contribution >= 0.6 is 0 Å². The van der Waals surface area contributed by atoms with Crippen LogP contribution in [0, 0.1) is 5.82 Å². The number of hydrogen-bond donors (Lipinski definition) is 1. The van der Waals surface area contributed by atoms with Crippen LogP contribution in [0.5, 0.6) is 0 Å². The van der Waals surface area contributed by atoms with Crippen molar-refractivity contribution < 1.29 is 17.6 Å². The zero-order valence-corrected chi connectivity index (χ0v) is 12.3. The molecule has 3 heterocycles. The Morgan fingerprint density at radius 3 is 2.64 bits per heavy atom. The molecule has 4 rings (SSSR count). The minimum atomic E-state index is -4.58.